The highest BCUT2D eigenvalue weighted by molar-refractivity contribution is 7.06. The standard InChI is InChI=1S/C25H24F7N5O2S/c1-14-22(20(40-36-14)9-17-10-34-21(11-33-17)25(30,31)32)23(38)35-16-2-3-18(26)19(8-16)39-12-15-4-6-37(7-5-15)13-24(27,28)29/h2-3,8,10-11,15H,4-7,9,12-13H2,1H3,(H,35,38). The predicted molar refractivity (Wildman–Crippen MR) is 132 cm³/mol. The lowest BCUT2D eigenvalue weighted by Gasteiger charge is -2.32. The van der Waals surface area contributed by atoms with E-state index in [0.717, 1.165) is 23.8 Å². The van der Waals surface area contributed by atoms with Crippen LogP contribution in [0.4, 0.5) is 36.4 Å². The Hall–Kier alpha value is -3.33. The smallest absolute Gasteiger partial charge is 0.434 e. The maximum atomic E-state index is 14.4. The molecule has 1 saturated heterocycles. The lowest BCUT2D eigenvalue weighted by molar-refractivity contribution is -0.148. The second-order valence-corrected chi connectivity index (χ2v) is 10.2. The van der Waals surface area contributed by atoms with Crippen LogP contribution in [0.15, 0.2) is 30.6 Å². The summed E-state index contributed by atoms with van der Waals surface area (Å²) in [6.07, 6.45) is -6.29. The molecule has 1 amide bonds. The Kier molecular flexibility index (Phi) is 8.93. The molecule has 3 aromatic rings. The van der Waals surface area contributed by atoms with Crippen LogP contribution in [0.3, 0.4) is 0 Å². The number of alkyl halides is 6. The average Bonchev–Trinajstić information content (AvgIpc) is 3.24. The van der Waals surface area contributed by atoms with Gasteiger partial charge >= 0.3 is 12.4 Å². The number of likely N-dealkylation sites (tertiary alicyclic amines) is 1. The van der Waals surface area contributed by atoms with Crippen molar-refractivity contribution in [3.63, 3.8) is 0 Å². The van der Waals surface area contributed by atoms with Crippen molar-refractivity contribution in [2.75, 3.05) is 31.6 Å². The van der Waals surface area contributed by atoms with Gasteiger partial charge in [0, 0.05) is 29.2 Å². The van der Waals surface area contributed by atoms with E-state index in [9.17, 15) is 35.5 Å². The summed E-state index contributed by atoms with van der Waals surface area (Å²) < 4.78 is 100. The van der Waals surface area contributed by atoms with Crippen LogP contribution in [0.25, 0.3) is 0 Å². The summed E-state index contributed by atoms with van der Waals surface area (Å²) in [5, 5.41) is 2.66. The first-order valence-electron chi connectivity index (χ1n) is 12.1. The number of hydrogen-bond acceptors (Lipinski definition) is 7. The molecule has 1 N–H and O–H groups in total. The van der Waals surface area contributed by atoms with E-state index in [0.29, 0.717) is 29.6 Å². The Bertz CT molecular complexity index is 1320. The molecule has 4 rings (SSSR count). The third-order valence-electron chi connectivity index (χ3n) is 6.27. The number of carbonyl (C=O) groups is 1. The van der Waals surface area contributed by atoms with E-state index in [1.165, 1.54) is 17.0 Å². The van der Waals surface area contributed by atoms with Gasteiger partial charge in [-0.3, -0.25) is 14.7 Å². The van der Waals surface area contributed by atoms with Crippen LogP contribution in [0.5, 0.6) is 5.75 Å². The fourth-order valence-corrected chi connectivity index (χ4v) is 5.13. The van der Waals surface area contributed by atoms with Crippen LogP contribution in [-0.4, -0.2) is 57.6 Å². The number of carbonyl (C=O) groups excluding carboxylic acids is 1. The highest BCUT2D eigenvalue weighted by Crippen LogP contribution is 2.29. The number of anilines is 1. The second-order valence-electron chi connectivity index (χ2n) is 9.38. The molecular formula is C25H24F7N5O2S. The number of aryl methyl sites for hydroxylation is 1. The average molecular weight is 592 g/mol. The van der Waals surface area contributed by atoms with Crippen molar-refractivity contribution < 1.29 is 40.3 Å². The SMILES string of the molecule is Cc1nsc(Cc2cnc(C(F)(F)F)cn2)c1C(=O)Nc1ccc(F)c(OCC2CCN(CC(F)(F)F)CC2)c1. The van der Waals surface area contributed by atoms with E-state index >= 15 is 0 Å². The van der Waals surface area contributed by atoms with Crippen molar-refractivity contribution in [2.24, 2.45) is 5.92 Å². The Morgan fingerprint density at radius 3 is 2.48 bits per heavy atom. The number of hydrogen-bond donors (Lipinski definition) is 1. The van der Waals surface area contributed by atoms with Crippen LogP contribution in [-0.2, 0) is 12.6 Å². The van der Waals surface area contributed by atoms with E-state index in [1.807, 2.05) is 0 Å². The van der Waals surface area contributed by atoms with Crippen molar-refractivity contribution in [3.8, 4) is 5.75 Å². The molecule has 1 aromatic carbocycles. The fraction of sp³-hybridized carbons (Fsp3) is 0.440. The monoisotopic (exact) mass is 591 g/mol. The largest absolute Gasteiger partial charge is 0.490 e. The molecule has 0 atom stereocenters. The summed E-state index contributed by atoms with van der Waals surface area (Å²) in [6.45, 7) is 1.28. The Balaban J connectivity index is 1.37. The number of nitrogens with one attached hydrogen (secondary N) is 1. The van der Waals surface area contributed by atoms with Crippen LogP contribution in [0.2, 0.25) is 0 Å². The lowest BCUT2D eigenvalue weighted by atomic mass is 9.98. The molecule has 15 heteroatoms. The highest BCUT2D eigenvalue weighted by atomic mass is 32.1. The molecule has 1 aliphatic heterocycles. The van der Waals surface area contributed by atoms with Gasteiger partial charge in [-0.05, 0) is 62.4 Å². The molecule has 2 aromatic heterocycles. The van der Waals surface area contributed by atoms with Crippen LogP contribution in [0, 0.1) is 18.7 Å². The van der Waals surface area contributed by atoms with Crippen LogP contribution >= 0.6 is 11.5 Å². The Labute approximate surface area is 228 Å². The molecule has 0 saturated carbocycles. The number of benzene rings is 1. The van der Waals surface area contributed by atoms with Gasteiger partial charge < -0.3 is 10.1 Å². The van der Waals surface area contributed by atoms with Crippen molar-refractivity contribution >= 4 is 23.1 Å². The predicted octanol–water partition coefficient (Wildman–Crippen LogP) is 5.90. The molecule has 0 aliphatic carbocycles. The molecule has 0 unspecified atom stereocenters. The first kappa shape index (κ1) is 29.6. The molecule has 3 heterocycles. The normalized spacial score (nSPS) is 15.3. The summed E-state index contributed by atoms with van der Waals surface area (Å²) >= 11 is 1.00. The summed E-state index contributed by atoms with van der Waals surface area (Å²) in [4.78, 5) is 22.0. The summed E-state index contributed by atoms with van der Waals surface area (Å²) in [5.74, 6) is -1.38. The van der Waals surface area contributed by atoms with Gasteiger partial charge in [0.25, 0.3) is 5.91 Å². The molecule has 7 nitrogen and oxygen atoms in total. The minimum absolute atomic E-state index is 0.0267. The van der Waals surface area contributed by atoms with E-state index in [1.54, 1.807) is 6.92 Å². The van der Waals surface area contributed by atoms with Crippen LogP contribution in [0.1, 0.15) is 45.2 Å². The zero-order valence-corrected chi connectivity index (χ0v) is 21.9. The quantitative estimate of drug-likeness (QED) is 0.329. The molecule has 0 bridgehead atoms. The Morgan fingerprint density at radius 2 is 1.85 bits per heavy atom. The minimum atomic E-state index is -4.62. The number of halogens is 7. The first-order valence-corrected chi connectivity index (χ1v) is 12.9. The molecular weight excluding hydrogens is 567 g/mol. The van der Waals surface area contributed by atoms with Crippen molar-refractivity contribution in [3.05, 3.63) is 63.9 Å². The van der Waals surface area contributed by atoms with Gasteiger partial charge in [-0.25, -0.2) is 9.37 Å². The number of amides is 1. The van der Waals surface area contributed by atoms with Gasteiger partial charge in [0.2, 0.25) is 0 Å². The second kappa shape index (κ2) is 12.0. The maximum Gasteiger partial charge on any atom is 0.434 e. The van der Waals surface area contributed by atoms with Gasteiger partial charge in [0.15, 0.2) is 17.3 Å². The van der Waals surface area contributed by atoms with Crippen molar-refractivity contribution in [1.82, 2.24) is 19.2 Å². The molecule has 0 radical (unpaired) electrons. The zero-order valence-electron chi connectivity index (χ0n) is 21.1. The molecule has 1 aliphatic rings. The third-order valence-corrected chi connectivity index (χ3v) is 7.21. The van der Waals surface area contributed by atoms with Gasteiger partial charge in [-0.1, -0.05) is 0 Å². The number of nitrogens with zero attached hydrogens (tertiary/aromatic N) is 4. The van der Waals surface area contributed by atoms with Gasteiger partial charge in [-0.2, -0.15) is 30.7 Å². The van der Waals surface area contributed by atoms with E-state index in [4.69, 9.17) is 4.74 Å². The number of aromatic nitrogens is 3. The molecule has 40 heavy (non-hydrogen) atoms. The van der Waals surface area contributed by atoms with Gasteiger partial charge in [0.1, 0.15) is 0 Å². The van der Waals surface area contributed by atoms with Crippen molar-refractivity contribution in [1.29, 1.82) is 0 Å². The first-order chi connectivity index (χ1) is 18.8. The fourth-order valence-electron chi connectivity index (χ4n) is 4.24. The number of ether oxygens (including phenoxy) is 1. The van der Waals surface area contributed by atoms with E-state index in [2.05, 4.69) is 19.7 Å². The topological polar surface area (TPSA) is 80.2 Å². The summed E-state index contributed by atoms with van der Waals surface area (Å²) in [6, 6.07) is 3.77. The highest BCUT2D eigenvalue weighted by Gasteiger charge is 2.33. The number of rotatable bonds is 8. The minimum Gasteiger partial charge on any atom is -0.490 e. The molecule has 0 spiro atoms. The number of piperidine rings is 1. The summed E-state index contributed by atoms with van der Waals surface area (Å²) in [7, 11) is 0. The van der Waals surface area contributed by atoms with E-state index in [-0.39, 0.29) is 54.7 Å². The molecule has 1 fully saturated rings. The Morgan fingerprint density at radius 1 is 1.12 bits per heavy atom. The lowest BCUT2D eigenvalue weighted by Crippen LogP contribution is -2.41. The van der Waals surface area contributed by atoms with Gasteiger partial charge in [-0.15, -0.1) is 0 Å². The van der Waals surface area contributed by atoms with Crippen LogP contribution < -0.4 is 10.1 Å². The van der Waals surface area contributed by atoms with E-state index < -0.39 is 36.3 Å². The third kappa shape index (κ3) is 7.87. The van der Waals surface area contributed by atoms with Gasteiger partial charge in [0.05, 0.1) is 36.3 Å². The molecule has 216 valence electrons. The maximum absolute atomic E-state index is 14.4. The summed E-state index contributed by atoms with van der Waals surface area (Å²) in [5.41, 5.74) is -0.0763. The van der Waals surface area contributed by atoms with Crippen molar-refractivity contribution in [2.45, 2.75) is 38.5 Å². The zero-order chi connectivity index (χ0) is 29.1.